The molecule has 0 saturated heterocycles. The fourth-order valence-electron chi connectivity index (χ4n) is 1.09. The third-order valence-corrected chi connectivity index (χ3v) is 2.13. The van der Waals surface area contributed by atoms with Gasteiger partial charge in [0, 0.05) is 11.6 Å². The molecule has 2 nitrogen and oxygen atoms in total. The van der Waals surface area contributed by atoms with Crippen molar-refractivity contribution in [2.24, 2.45) is 10.9 Å². The normalized spacial score (nSPS) is 14.3. The molecule has 0 fully saturated rings. The van der Waals surface area contributed by atoms with Gasteiger partial charge in [-0.15, -0.1) is 0 Å². The van der Waals surface area contributed by atoms with Crippen LogP contribution in [-0.4, -0.2) is 5.71 Å². The van der Waals surface area contributed by atoms with Gasteiger partial charge in [-0.25, -0.2) is 0 Å². The molecule has 0 radical (unpaired) electrons. The van der Waals surface area contributed by atoms with Gasteiger partial charge in [0.1, 0.15) is 0 Å². The molecule has 1 aromatic rings. The van der Waals surface area contributed by atoms with E-state index in [4.69, 9.17) is 5.84 Å². The summed E-state index contributed by atoms with van der Waals surface area (Å²) in [5.41, 5.74) is 2.21. The molecule has 0 aromatic heterocycles. The molecule has 1 rings (SSSR count). The number of benzene rings is 1. The van der Waals surface area contributed by atoms with E-state index in [2.05, 4.69) is 24.2 Å². The standard InChI is InChI=1S/C10H14N2/c1-8(9(2)12-11)10-6-4-3-5-7-10/h3-8H,11H2,1-2H3/b12-9+. The minimum absolute atomic E-state index is 0.316. The van der Waals surface area contributed by atoms with Gasteiger partial charge in [0.05, 0.1) is 0 Å². The monoisotopic (exact) mass is 162 g/mol. The molecular weight excluding hydrogens is 148 g/mol. The van der Waals surface area contributed by atoms with E-state index < -0.39 is 0 Å². The molecule has 1 unspecified atom stereocenters. The summed E-state index contributed by atoms with van der Waals surface area (Å²) >= 11 is 0. The molecule has 1 atom stereocenters. The van der Waals surface area contributed by atoms with E-state index in [9.17, 15) is 0 Å². The van der Waals surface area contributed by atoms with Gasteiger partial charge in [-0.1, -0.05) is 37.3 Å². The van der Waals surface area contributed by atoms with Crippen LogP contribution in [0.5, 0.6) is 0 Å². The van der Waals surface area contributed by atoms with Gasteiger partial charge in [0.2, 0.25) is 0 Å². The Hall–Kier alpha value is -1.31. The first-order chi connectivity index (χ1) is 5.75. The lowest BCUT2D eigenvalue weighted by molar-refractivity contribution is 0.993. The van der Waals surface area contributed by atoms with Crippen molar-refractivity contribution < 1.29 is 0 Å². The topological polar surface area (TPSA) is 38.4 Å². The highest BCUT2D eigenvalue weighted by Crippen LogP contribution is 2.15. The average Bonchev–Trinajstić information content (AvgIpc) is 2.17. The molecule has 0 aliphatic carbocycles. The van der Waals surface area contributed by atoms with Crippen molar-refractivity contribution in [1.82, 2.24) is 0 Å². The van der Waals surface area contributed by atoms with Crippen LogP contribution < -0.4 is 5.84 Å². The van der Waals surface area contributed by atoms with E-state index in [0.717, 1.165) is 5.71 Å². The number of nitrogens with two attached hydrogens (primary N) is 1. The molecule has 0 aliphatic heterocycles. The fourth-order valence-corrected chi connectivity index (χ4v) is 1.09. The van der Waals surface area contributed by atoms with Crippen LogP contribution in [0.25, 0.3) is 0 Å². The predicted molar refractivity (Wildman–Crippen MR) is 52.2 cm³/mol. The number of rotatable bonds is 2. The highest BCUT2D eigenvalue weighted by Gasteiger charge is 2.06. The third kappa shape index (κ3) is 1.84. The Balaban J connectivity index is 2.86. The van der Waals surface area contributed by atoms with E-state index in [0.29, 0.717) is 5.92 Å². The molecule has 0 saturated carbocycles. The quantitative estimate of drug-likeness (QED) is 0.404. The van der Waals surface area contributed by atoms with Gasteiger partial charge >= 0.3 is 0 Å². The Morgan fingerprint density at radius 2 is 1.92 bits per heavy atom. The molecular formula is C10H14N2. The minimum Gasteiger partial charge on any atom is -0.323 e. The Morgan fingerprint density at radius 3 is 2.42 bits per heavy atom. The second-order valence-electron chi connectivity index (χ2n) is 2.90. The van der Waals surface area contributed by atoms with Crippen molar-refractivity contribution in [2.45, 2.75) is 19.8 Å². The summed E-state index contributed by atoms with van der Waals surface area (Å²) in [7, 11) is 0. The molecule has 1 aromatic carbocycles. The molecule has 12 heavy (non-hydrogen) atoms. The number of hydrogen-bond acceptors (Lipinski definition) is 2. The molecule has 2 heteroatoms. The molecule has 0 bridgehead atoms. The molecule has 2 N–H and O–H groups in total. The van der Waals surface area contributed by atoms with Crippen LogP contribution in [0.2, 0.25) is 0 Å². The first kappa shape index (κ1) is 8.78. The Morgan fingerprint density at radius 1 is 1.33 bits per heavy atom. The zero-order valence-corrected chi connectivity index (χ0v) is 7.49. The van der Waals surface area contributed by atoms with Crippen LogP contribution in [0.15, 0.2) is 35.4 Å². The summed E-state index contributed by atoms with van der Waals surface area (Å²) in [4.78, 5) is 0. The number of hydrogen-bond donors (Lipinski definition) is 1. The largest absolute Gasteiger partial charge is 0.323 e. The lowest BCUT2D eigenvalue weighted by Gasteiger charge is -2.09. The smallest absolute Gasteiger partial charge is 0.0416 e. The van der Waals surface area contributed by atoms with E-state index in [1.807, 2.05) is 25.1 Å². The molecule has 0 amide bonds. The summed E-state index contributed by atoms with van der Waals surface area (Å²) in [6, 6.07) is 10.2. The highest BCUT2D eigenvalue weighted by atomic mass is 15.1. The maximum atomic E-state index is 5.20. The van der Waals surface area contributed by atoms with E-state index in [1.165, 1.54) is 5.56 Å². The molecule has 0 spiro atoms. The maximum absolute atomic E-state index is 5.20. The predicted octanol–water partition coefficient (Wildman–Crippen LogP) is 2.12. The SMILES string of the molecule is C/C(=N\N)C(C)c1ccccc1. The Kier molecular flexibility index (Phi) is 2.86. The van der Waals surface area contributed by atoms with Gasteiger partial charge in [0.15, 0.2) is 0 Å². The van der Waals surface area contributed by atoms with Crippen LogP contribution in [0.4, 0.5) is 0 Å². The molecule has 0 heterocycles. The second kappa shape index (κ2) is 3.90. The van der Waals surface area contributed by atoms with Crippen molar-refractivity contribution in [3.63, 3.8) is 0 Å². The third-order valence-electron chi connectivity index (χ3n) is 2.13. The lowest BCUT2D eigenvalue weighted by atomic mass is 9.97. The van der Waals surface area contributed by atoms with Gasteiger partial charge in [0.25, 0.3) is 0 Å². The minimum atomic E-state index is 0.316. The van der Waals surface area contributed by atoms with Crippen molar-refractivity contribution in [3.8, 4) is 0 Å². The van der Waals surface area contributed by atoms with Gasteiger partial charge in [-0.05, 0) is 12.5 Å². The van der Waals surface area contributed by atoms with Gasteiger partial charge in [-0.2, -0.15) is 5.10 Å². The summed E-state index contributed by atoms with van der Waals surface area (Å²) in [6.07, 6.45) is 0. The van der Waals surface area contributed by atoms with Crippen LogP contribution >= 0.6 is 0 Å². The summed E-state index contributed by atoms with van der Waals surface area (Å²) in [6.45, 7) is 4.04. The van der Waals surface area contributed by atoms with Crippen molar-refractivity contribution in [3.05, 3.63) is 35.9 Å². The summed E-state index contributed by atoms with van der Waals surface area (Å²) < 4.78 is 0. The number of nitrogens with zero attached hydrogens (tertiary/aromatic N) is 1. The van der Waals surface area contributed by atoms with Crippen LogP contribution in [0, 0.1) is 0 Å². The second-order valence-corrected chi connectivity index (χ2v) is 2.90. The van der Waals surface area contributed by atoms with E-state index >= 15 is 0 Å². The number of hydrazone groups is 1. The highest BCUT2D eigenvalue weighted by molar-refractivity contribution is 5.88. The summed E-state index contributed by atoms with van der Waals surface area (Å²) in [5.74, 6) is 5.51. The molecule has 64 valence electrons. The first-order valence-electron chi connectivity index (χ1n) is 4.05. The lowest BCUT2D eigenvalue weighted by Crippen LogP contribution is -2.07. The van der Waals surface area contributed by atoms with Gasteiger partial charge < -0.3 is 5.84 Å². The Bertz CT molecular complexity index is 264. The fraction of sp³-hybridized carbons (Fsp3) is 0.300. The maximum Gasteiger partial charge on any atom is 0.0416 e. The van der Waals surface area contributed by atoms with Crippen LogP contribution in [0.1, 0.15) is 25.3 Å². The first-order valence-corrected chi connectivity index (χ1v) is 4.05. The van der Waals surface area contributed by atoms with E-state index in [1.54, 1.807) is 0 Å². The summed E-state index contributed by atoms with van der Waals surface area (Å²) in [5, 5.41) is 3.68. The average molecular weight is 162 g/mol. The van der Waals surface area contributed by atoms with Crippen molar-refractivity contribution in [2.75, 3.05) is 0 Å². The Labute approximate surface area is 73.1 Å². The van der Waals surface area contributed by atoms with Gasteiger partial charge in [-0.3, -0.25) is 0 Å². The molecule has 0 aliphatic rings. The van der Waals surface area contributed by atoms with Crippen LogP contribution in [-0.2, 0) is 0 Å². The van der Waals surface area contributed by atoms with Crippen molar-refractivity contribution in [1.29, 1.82) is 0 Å². The van der Waals surface area contributed by atoms with Crippen molar-refractivity contribution >= 4 is 5.71 Å². The zero-order chi connectivity index (χ0) is 8.97. The zero-order valence-electron chi connectivity index (χ0n) is 7.49. The van der Waals surface area contributed by atoms with Crippen LogP contribution in [0.3, 0.4) is 0 Å². The van der Waals surface area contributed by atoms with E-state index in [-0.39, 0.29) is 0 Å².